The quantitative estimate of drug-likeness (QED) is 0.727. The Kier molecular flexibility index (Phi) is 6.41. The Morgan fingerprint density at radius 3 is 2.89 bits per heavy atom. The van der Waals surface area contributed by atoms with Crippen molar-refractivity contribution < 1.29 is 9.53 Å². The maximum atomic E-state index is 11.5. The number of hydrogen-bond acceptors (Lipinski definition) is 4. The second kappa shape index (κ2) is 8.11. The lowest BCUT2D eigenvalue weighted by Crippen LogP contribution is -2.29. The largest absolute Gasteiger partial charge is 0.483 e. The molecule has 0 aliphatic rings. The Labute approximate surface area is 113 Å². The number of benzene rings is 1. The van der Waals surface area contributed by atoms with Crippen LogP contribution in [0.5, 0.6) is 5.75 Å². The van der Waals surface area contributed by atoms with Gasteiger partial charge in [0.05, 0.1) is 12.5 Å². The molecule has 1 aromatic carbocycles. The number of nitrogens with zero attached hydrogens (tertiary/aromatic N) is 1. The topological polar surface area (TPSA) is 74.2 Å². The molecular formula is C14H19N3O2. The molecule has 0 aliphatic carbocycles. The molecule has 1 atom stereocenters. The lowest BCUT2D eigenvalue weighted by atomic mass is 10.1. The van der Waals surface area contributed by atoms with Gasteiger partial charge in [0.25, 0.3) is 5.91 Å². The molecule has 0 saturated carbocycles. The summed E-state index contributed by atoms with van der Waals surface area (Å²) in [5.41, 5.74) is 1.01. The molecule has 0 fully saturated rings. The highest BCUT2D eigenvalue weighted by Gasteiger charge is 2.10. The maximum Gasteiger partial charge on any atom is 0.257 e. The summed E-state index contributed by atoms with van der Waals surface area (Å²) in [5, 5.41) is 14.1. The molecule has 1 unspecified atom stereocenters. The maximum absolute atomic E-state index is 11.5. The van der Waals surface area contributed by atoms with Crippen molar-refractivity contribution in [3.8, 4) is 11.8 Å². The van der Waals surface area contributed by atoms with Gasteiger partial charge in [0.1, 0.15) is 5.75 Å². The molecule has 2 N–H and O–H groups in total. The summed E-state index contributed by atoms with van der Waals surface area (Å²) in [6.45, 7) is 2.33. The van der Waals surface area contributed by atoms with Crippen LogP contribution in [0.3, 0.4) is 0 Å². The lowest BCUT2D eigenvalue weighted by molar-refractivity contribution is -0.123. The molecule has 102 valence electrons. The van der Waals surface area contributed by atoms with Gasteiger partial charge in [-0.2, -0.15) is 5.26 Å². The Balaban J connectivity index is 2.53. The molecule has 0 aliphatic heterocycles. The van der Waals surface area contributed by atoms with Gasteiger partial charge in [-0.15, -0.1) is 0 Å². The van der Waals surface area contributed by atoms with E-state index in [0.29, 0.717) is 18.7 Å². The van der Waals surface area contributed by atoms with Crippen LogP contribution in [0, 0.1) is 11.3 Å². The molecular weight excluding hydrogens is 242 g/mol. The third-order valence-electron chi connectivity index (χ3n) is 2.74. The summed E-state index contributed by atoms with van der Waals surface area (Å²) in [4.78, 5) is 11.5. The fourth-order valence-electron chi connectivity index (χ4n) is 1.58. The van der Waals surface area contributed by atoms with Crippen LogP contribution in [-0.2, 0) is 4.79 Å². The zero-order valence-corrected chi connectivity index (χ0v) is 11.3. The van der Waals surface area contributed by atoms with E-state index in [4.69, 9.17) is 10.00 Å². The van der Waals surface area contributed by atoms with Crippen molar-refractivity contribution >= 4 is 5.91 Å². The Bertz CT molecular complexity index is 454. The summed E-state index contributed by atoms with van der Waals surface area (Å²) < 4.78 is 5.52. The van der Waals surface area contributed by atoms with E-state index in [2.05, 4.69) is 10.6 Å². The van der Waals surface area contributed by atoms with Gasteiger partial charge in [-0.05, 0) is 20.0 Å². The van der Waals surface area contributed by atoms with Gasteiger partial charge in [-0.25, -0.2) is 0 Å². The SMILES string of the molecule is CNC(C)c1ccccc1OCC(=O)NCCC#N. The molecule has 0 spiro atoms. The predicted molar refractivity (Wildman–Crippen MR) is 72.7 cm³/mol. The van der Waals surface area contributed by atoms with Gasteiger partial charge in [0.2, 0.25) is 0 Å². The minimum Gasteiger partial charge on any atom is -0.483 e. The highest BCUT2D eigenvalue weighted by atomic mass is 16.5. The van der Waals surface area contributed by atoms with Crippen molar-refractivity contribution in [3.05, 3.63) is 29.8 Å². The first-order valence-corrected chi connectivity index (χ1v) is 6.21. The molecule has 1 rings (SSSR count). The van der Waals surface area contributed by atoms with E-state index in [9.17, 15) is 4.79 Å². The van der Waals surface area contributed by atoms with Crippen molar-refractivity contribution in [3.63, 3.8) is 0 Å². The Hall–Kier alpha value is -2.06. The van der Waals surface area contributed by atoms with Crippen molar-refractivity contribution in [1.82, 2.24) is 10.6 Å². The number of carbonyl (C=O) groups is 1. The molecule has 0 saturated heterocycles. The first-order chi connectivity index (χ1) is 9.19. The van der Waals surface area contributed by atoms with Crippen LogP contribution in [0.1, 0.15) is 24.9 Å². The standard InChI is InChI=1S/C14H19N3O2/c1-11(16-2)12-6-3-4-7-13(12)19-10-14(18)17-9-5-8-15/h3-4,6-7,11,16H,5,9-10H2,1-2H3,(H,17,18). The highest BCUT2D eigenvalue weighted by molar-refractivity contribution is 5.77. The van der Waals surface area contributed by atoms with E-state index in [1.165, 1.54) is 0 Å². The normalized spacial score (nSPS) is 11.4. The zero-order valence-electron chi connectivity index (χ0n) is 11.3. The molecule has 5 heteroatoms. The van der Waals surface area contributed by atoms with Crippen molar-refractivity contribution in [2.45, 2.75) is 19.4 Å². The van der Waals surface area contributed by atoms with Crippen LogP contribution in [-0.4, -0.2) is 26.1 Å². The number of ether oxygens (including phenoxy) is 1. The van der Waals surface area contributed by atoms with Gasteiger partial charge in [-0.1, -0.05) is 18.2 Å². The summed E-state index contributed by atoms with van der Waals surface area (Å²) in [6.07, 6.45) is 0.305. The third kappa shape index (κ3) is 4.98. The number of nitrogens with one attached hydrogen (secondary N) is 2. The van der Waals surface area contributed by atoms with E-state index in [1.54, 1.807) is 0 Å². The summed E-state index contributed by atoms with van der Waals surface area (Å²) in [7, 11) is 1.87. The molecule has 0 heterocycles. The Morgan fingerprint density at radius 1 is 1.47 bits per heavy atom. The van der Waals surface area contributed by atoms with E-state index in [0.717, 1.165) is 5.56 Å². The molecule has 5 nitrogen and oxygen atoms in total. The van der Waals surface area contributed by atoms with Gasteiger partial charge < -0.3 is 15.4 Å². The van der Waals surface area contributed by atoms with Crippen molar-refractivity contribution in [2.24, 2.45) is 0 Å². The van der Waals surface area contributed by atoms with Crippen molar-refractivity contribution in [2.75, 3.05) is 20.2 Å². The average Bonchev–Trinajstić information content (AvgIpc) is 2.45. The lowest BCUT2D eigenvalue weighted by Gasteiger charge is -2.16. The minimum atomic E-state index is -0.220. The molecule has 19 heavy (non-hydrogen) atoms. The highest BCUT2D eigenvalue weighted by Crippen LogP contribution is 2.24. The van der Waals surface area contributed by atoms with Crippen LogP contribution >= 0.6 is 0 Å². The predicted octanol–water partition coefficient (Wildman–Crippen LogP) is 1.38. The van der Waals surface area contributed by atoms with Crippen molar-refractivity contribution in [1.29, 1.82) is 5.26 Å². The van der Waals surface area contributed by atoms with Crippen LogP contribution < -0.4 is 15.4 Å². The van der Waals surface area contributed by atoms with Gasteiger partial charge in [-0.3, -0.25) is 4.79 Å². The number of carbonyl (C=O) groups excluding carboxylic acids is 1. The molecule has 0 radical (unpaired) electrons. The molecule has 0 aromatic heterocycles. The second-order valence-corrected chi connectivity index (χ2v) is 4.09. The van der Waals surface area contributed by atoms with E-state index < -0.39 is 0 Å². The summed E-state index contributed by atoms with van der Waals surface area (Å²) in [5.74, 6) is 0.474. The van der Waals surface area contributed by atoms with E-state index in [-0.39, 0.29) is 18.6 Å². The van der Waals surface area contributed by atoms with Gasteiger partial charge in [0.15, 0.2) is 6.61 Å². The number of para-hydroxylation sites is 1. The second-order valence-electron chi connectivity index (χ2n) is 4.09. The Morgan fingerprint density at radius 2 is 2.21 bits per heavy atom. The van der Waals surface area contributed by atoms with Crippen LogP contribution in [0.2, 0.25) is 0 Å². The van der Waals surface area contributed by atoms with E-state index >= 15 is 0 Å². The summed E-state index contributed by atoms with van der Waals surface area (Å²) >= 11 is 0. The summed E-state index contributed by atoms with van der Waals surface area (Å²) in [6, 6.07) is 9.72. The number of hydrogen-bond donors (Lipinski definition) is 2. The van der Waals surface area contributed by atoms with E-state index in [1.807, 2.05) is 44.3 Å². The van der Waals surface area contributed by atoms with Gasteiger partial charge >= 0.3 is 0 Å². The molecule has 1 aromatic rings. The smallest absolute Gasteiger partial charge is 0.257 e. The fraction of sp³-hybridized carbons (Fsp3) is 0.429. The zero-order chi connectivity index (χ0) is 14.1. The van der Waals surface area contributed by atoms with Crippen LogP contribution in [0.25, 0.3) is 0 Å². The van der Waals surface area contributed by atoms with Crippen LogP contribution in [0.4, 0.5) is 0 Å². The minimum absolute atomic E-state index is 0.0428. The number of amides is 1. The first kappa shape index (κ1) is 15.0. The molecule has 1 amide bonds. The third-order valence-corrected chi connectivity index (χ3v) is 2.74. The average molecular weight is 261 g/mol. The molecule has 0 bridgehead atoms. The monoisotopic (exact) mass is 261 g/mol. The van der Waals surface area contributed by atoms with Gasteiger partial charge in [0, 0.05) is 18.2 Å². The first-order valence-electron chi connectivity index (χ1n) is 6.21. The number of rotatable bonds is 7. The number of nitriles is 1. The fourth-order valence-corrected chi connectivity index (χ4v) is 1.58. The van der Waals surface area contributed by atoms with Crippen LogP contribution in [0.15, 0.2) is 24.3 Å².